The largest absolute Gasteiger partial charge is 0.469 e. The van der Waals surface area contributed by atoms with Crippen LogP contribution in [0.1, 0.15) is 28.8 Å². The van der Waals surface area contributed by atoms with Gasteiger partial charge in [-0.25, -0.2) is 0 Å². The Bertz CT molecular complexity index is 918. The van der Waals surface area contributed by atoms with Crippen LogP contribution in [0.3, 0.4) is 0 Å². The Morgan fingerprint density at radius 2 is 1.86 bits per heavy atom. The van der Waals surface area contributed by atoms with Crippen molar-refractivity contribution in [2.45, 2.75) is 19.4 Å². The lowest BCUT2D eigenvalue weighted by atomic mass is 9.98. The molecule has 0 radical (unpaired) electrons. The molecule has 0 unspecified atom stereocenters. The highest BCUT2D eigenvalue weighted by molar-refractivity contribution is 6.00. The number of aromatic nitrogens is 2. The molecule has 1 amide bonds. The molecule has 0 aliphatic rings. The molecular formula is C22H23N3O3. The monoisotopic (exact) mass is 377 g/mol. The van der Waals surface area contributed by atoms with E-state index in [9.17, 15) is 9.59 Å². The summed E-state index contributed by atoms with van der Waals surface area (Å²) < 4.78 is 6.47. The third-order valence-electron chi connectivity index (χ3n) is 4.41. The molecule has 2 aromatic carbocycles. The first-order chi connectivity index (χ1) is 13.7. The molecular weight excluding hydrogens is 354 g/mol. The lowest BCUT2D eigenvalue weighted by molar-refractivity contribution is -0.140. The molecule has 28 heavy (non-hydrogen) atoms. The van der Waals surface area contributed by atoms with E-state index in [1.165, 1.54) is 7.11 Å². The molecule has 1 N–H and O–H groups in total. The topological polar surface area (TPSA) is 73.2 Å². The first kappa shape index (κ1) is 19.4. The second kappa shape index (κ2) is 9.50. The fourth-order valence-corrected chi connectivity index (χ4v) is 2.94. The molecule has 0 saturated heterocycles. The van der Waals surface area contributed by atoms with E-state index in [-0.39, 0.29) is 18.3 Å². The van der Waals surface area contributed by atoms with Crippen LogP contribution < -0.4 is 5.32 Å². The van der Waals surface area contributed by atoms with Gasteiger partial charge in [0.2, 0.25) is 0 Å². The van der Waals surface area contributed by atoms with Crippen molar-refractivity contribution in [3.63, 3.8) is 0 Å². The number of esters is 1. The van der Waals surface area contributed by atoms with Gasteiger partial charge in [-0.15, -0.1) is 0 Å². The Labute approximate surface area is 164 Å². The highest BCUT2D eigenvalue weighted by atomic mass is 16.5. The second-order valence-corrected chi connectivity index (χ2v) is 6.38. The quantitative estimate of drug-likeness (QED) is 0.483. The van der Waals surface area contributed by atoms with Crippen molar-refractivity contribution >= 4 is 11.9 Å². The lowest BCUT2D eigenvalue weighted by Crippen LogP contribution is -2.25. The predicted molar refractivity (Wildman–Crippen MR) is 107 cm³/mol. The van der Waals surface area contributed by atoms with Crippen LogP contribution in [-0.4, -0.2) is 35.3 Å². The number of methoxy groups -OCH3 is 1. The van der Waals surface area contributed by atoms with Crippen LogP contribution >= 0.6 is 0 Å². The zero-order valence-corrected chi connectivity index (χ0v) is 15.8. The number of carbonyl (C=O) groups excluding carboxylic acids is 2. The molecule has 3 aromatic rings. The molecule has 3 rings (SSSR count). The van der Waals surface area contributed by atoms with Crippen LogP contribution in [0.4, 0.5) is 0 Å². The molecule has 144 valence electrons. The van der Waals surface area contributed by atoms with Crippen molar-refractivity contribution in [3.8, 4) is 11.1 Å². The molecule has 0 fully saturated rings. The molecule has 6 heteroatoms. The summed E-state index contributed by atoms with van der Waals surface area (Å²) in [5.41, 5.74) is 3.60. The Morgan fingerprint density at radius 3 is 2.57 bits per heavy atom. The van der Waals surface area contributed by atoms with Gasteiger partial charge >= 0.3 is 5.97 Å². The Hall–Kier alpha value is -3.41. The van der Waals surface area contributed by atoms with E-state index in [0.717, 1.165) is 16.7 Å². The van der Waals surface area contributed by atoms with Gasteiger partial charge in [-0.3, -0.25) is 14.3 Å². The van der Waals surface area contributed by atoms with Crippen molar-refractivity contribution in [1.29, 1.82) is 0 Å². The minimum absolute atomic E-state index is 0.152. The summed E-state index contributed by atoms with van der Waals surface area (Å²) in [4.78, 5) is 23.7. The van der Waals surface area contributed by atoms with E-state index in [1.54, 1.807) is 6.20 Å². The lowest BCUT2D eigenvalue weighted by Gasteiger charge is -2.11. The number of ether oxygens (including phenoxy) is 1. The van der Waals surface area contributed by atoms with E-state index in [4.69, 9.17) is 0 Å². The van der Waals surface area contributed by atoms with Gasteiger partial charge in [0.25, 0.3) is 5.91 Å². The van der Waals surface area contributed by atoms with Crippen molar-refractivity contribution in [3.05, 3.63) is 78.1 Å². The number of hydrogen-bond acceptors (Lipinski definition) is 4. The summed E-state index contributed by atoms with van der Waals surface area (Å²) in [7, 11) is 1.36. The minimum atomic E-state index is -0.273. The standard InChI is InChI=1S/C22H23N3O3/c1-28-21(26)8-4-13-23-22(27)20-7-3-2-6-19(20)18-11-9-17(10-12-18)16-25-15-5-14-24-25/h2-3,5-7,9-12,14-15H,4,8,13,16H2,1H3,(H,23,27). The van der Waals surface area contributed by atoms with Crippen LogP contribution in [0.25, 0.3) is 11.1 Å². The highest BCUT2D eigenvalue weighted by Crippen LogP contribution is 2.24. The Morgan fingerprint density at radius 1 is 1.07 bits per heavy atom. The van der Waals surface area contributed by atoms with Crippen LogP contribution in [0.5, 0.6) is 0 Å². The Kier molecular flexibility index (Phi) is 6.57. The molecule has 1 aromatic heterocycles. The molecule has 0 aliphatic heterocycles. The second-order valence-electron chi connectivity index (χ2n) is 6.38. The van der Waals surface area contributed by atoms with E-state index in [1.807, 2.05) is 65.5 Å². The van der Waals surface area contributed by atoms with Gasteiger partial charge in [0.15, 0.2) is 0 Å². The fourth-order valence-electron chi connectivity index (χ4n) is 2.94. The molecule has 6 nitrogen and oxygen atoms in total. The molecule has 0 spiro atoms. The van der Waals surface area contributed by atoms with Crippen molar-refractivity contribution < 1.29 is 14.3 Å². The summed E-state index contributed by atoms with van der Waals surface area (Å²) in [5, 5.41) is 7.09. The van der Waals surface area contributed by atoms with Crippen LogP contribution in [0.2, 0.25) is 0 Å². The first-order valence-corrected chi connectivity index (χ1v) is 9.18. The molecule has 1 heterocycles. The van der Waals surface area contributed by atoms with Gasteiger partial charge < -0.3 is 10.1 Å². The van der Waals surface area contributed by atoms with Crippen molar-refractivity contribution in [2.75, 3.05) is 13.7 Å². The number of amides is 1. The van der Waals surface area contributed by atoms with Gasteiger partial charge in [0.1, 0.15) is 0 Å². The number of rotatable bonds is 8. The molecule has 0 bridgehead atoms. The third kappa shape index (κ3) is 5.07. The minimum Gasteiger partial charge on any atom is -0.469 e. The van der Waals surface area contributed by atoms with Crippen molar-refractivity contribution in [2.24, 2.45) is 0 Å². The zero-order chi connectivity index (χ0) is 19.8. The fraction of sp³-hybridized carbons (Fsp3) is 0.227. The molecule has 0 atom stereocenters. The number of nitrogens with one attached hydrogen (secondary N) is 1. The van der Waals surface area contributed by atoms with Gasteiger partial charge in [-0.05, 0) is 35.2 Å². The highest BCUT2D eigenvalue weighted by Gasteiger charge is 2.12. The maximum atomic E-state index is 12.6. The maximum Gasteiger partial charge on any atom is 0.305 e. The summed E-state index contributed by atoms with van der Waals surface area (Å²) >= 11 is 0. The van der Waals surface area contributed by atoms with E-state index in [0.29, 0.717) is 25.1 Å². The maximum absolute atomic E-state index is 12.6. The summed E-state index contributed by atoms with van der Waals surface area (Å²) in [6.07, 6.45) is 4.51. The molecule has 0 aliphatic carbocycles. The zero-order valence-electron chi connectivity index (χ0n) is 15.8. The summed E-state index contributed by atoms with van der Waals surface area (Å²) in [6.45, 7) is 1.13. The number of hydrogen-bond donors (Lipinski definition) is 1. The predicted octanol–water partition coefficient (Wildman–Crippen LogP) is 3.28. The van der Waals surface area contributed by atoms with Crippen LogP contribution in [0, 0.1) is 0 Å². The summed E-state index contributed by atoms with van der Waals surface area (Å²) in [6, 6.07) is 17.5. The van der Waals surface area contributed by atoms with E-state index in [2.05, 4.69) is 15.2 Å². The average Bonchev–Trinajstić information content (AvgIpc) is 3.24. The molecule has 0 saturated carbocycles. The van der Waals surface area contributed by atoms with Gasteiger partial charge in [0.05, 0.1) is 13.7 Å². The van der Waals surface area contributed by atoms with E-state index < -0.39 is 0 Å². The third-order valence-corrected chi connectivity index (χ3v) is 4.41. The SMILES string of the molecule is COC(=O)CCCNC(=O)c1ccccc1-c1ccc(Cn2cccn2)cc1. The normalized spacial score (nSPS) is 10.5. The van der Waals surface area contributed by atoms with Gasteiger partial charge in [0, 0.05) is 30.9 Å². The van der Waals surface area contributed by atoms with Crippen LogP contribution in [-0.2, 0) is 16.1 Å². The van der Waals surface area contributed by atoms with Crippen LogP contribution in [0.15, 0.2) is 67.0 Å². The van der Waals surface area contributed by atoms with E-state index >= 15 is 0 Å². The average molecular weight is 377 g/mol. The smallest absolute Gasteiger partial charge is 0.305 e. The van der Waals surface area contributed by atoms with Crippen molar-refractivity contribution in [1.82, 2.24) is 15.1 Å². The number of carbonyl (C=O) groups is 2. The Balaban J connectivity index is 1.67. The summed E-state index contributed by atoms with van der Waals surface area (Å²) in [5.74, 6) is -0.425. The first-order valence-electron chi connectivity index (χ1n) is 9.18. The van der Waals surface area contributed by atoms with Gasteiger partial charge in [-0.1, -0.05) is 42.5 Å². The number of benzene rings is 2. The van der Waals surface area contributed by atoms with Gasteiger partial charge in [-0.2, -0.15) is 5.10 Å². The number of nitrogens with zero attached hydrogens (tertiary/aromatic N) is 2.